The molecule has 0 aliphatic carbocycles. The van der Waals surface area contributed by atoms with Gasteiger partial charge < -0.3 is 10.1 Å². The second-order valence-electron chi connectivity index (χ2n) is 5.02. The molecule has 0 aromatic carbocycles. The molecule has 5 nitrogen and oxygen atoms in total. The van der Waals surface area contributed by atoms with Crippen LogP contribution in [-0.4, -0.2) is 45.1 Å². The highest BCUT2D eigenvalue weighted by atomic mass is 32.2. The van der Waals surface area contributed by atoms with Gasteiger partial charge in [0.25, 0.3) is 0 Å². The number of ether oxygens (including phenoxy) is 1. The minimum Gasteiger partial charge on any atom is -0.375 e. The Morgan fingerprint density at radius 3 is 2.95 bits per heavy atom. The fourth-order valence-corrected chi connectivity index (χ4v) is 5.59. The van der Waals surface area contributed by atoms with Crippen LogP contribution in [-0.2, 0) is 21.3 Å². The van der Waals surface area contributed by atoms with Crippen LogP contribution in [0, 0.1) is 0 Å². The monoisotopic (exact) mass is 318 g/mol. The van der Waals surface area contributed by atoms with E-state index in [1.807, 2.05) is 26.3 Å². The molecule has 2 heterocycles. The van der Waals surface area contributed by atoms with Crippen LogP contribution < -0.4 is 5.32 Å². The van der Waals surface area contributed by atoms with Crippen molar-refractivity contribution in [3.05, 3.63) is 16.3 Å². The van der Waals surface area contributed by atoms with Crippen molar-refractivity contribution in [2.24, 2.45) is 0 Å². The lowest BCUT2D eigenvalue weighted by molar-refractivity contribution is -0.0230. The first-order valence-electron chi connectivity index (χ1n) is 6.85. The average Bonchev–Trinajstić information content (AvgIpc) is 2.88. The Bertz CT molecular complexity index is 542. The van der Waals surface area contributed by atoms with Crippen LogP contribution in [0.4, 0.5) is 0 Å². The summed E-state index contributed by atoms with van der Waals surface area (Å²) in [5.74, 6) is 0. The first-order valence-corrected chi connectivity index (χ1v) is 9.17. The van der Waals surface area contributed by atoms with E-state index in [9.17, 15) is 8.42 Å². The average molecular weight is 318 g/mol. The van der Waals surface area contributed by atoms with E-state index >= 15 is 0 Å². The molecule has 1 aliphatic rings. The number of morpholine rings is 1. The van der Waals surface area contributed by atoms with Crippen molar-refractivity contribution in [2.75, 3.05) is 20.2 Å². The summed E-state index contributed by atoms with van der Waals surface area (Å²) in [5, 5.41) is 4.86. The molecule has 0 radical (unpaired) electrons. The van der Waals surface area contributed by atoms with E-state index < -0.39 is 10.0 Å². The third-order valence-electron chi connectivity index (χ3n) is 3.52. The van der Waals surface area contributed by atoms with Gasteiger partial charge in [-0.25, -0.2) is 8.42 Å². The maximum absolute atomic E-state index is 12.9. The van der Waals surface area contributed by atoms with Gasteiger partial charge in [0.1, 0.15) is 0 Å². The Balaban J connectivity index is 2.34. The van der Waals surface area contributed by atoms with E-state index in [0.29, 0.717) is 24.6 Å². The van der Waals surface area contributed by atoms with Crippen LogP contribution in [0.15, 0.2) is 16.3 Å². The van der Waals surface area contributed by atoms with Gasteiger partial charge >= 0.3 is 0 Å². The predicted molar refractivity (Wildman–Crippen MR) is 80.5 cm³/mol. The second-order valence-corrected chi connectivity index (χ2v) is 7.88. The third kappa shape index (κ3) is 3.07. The molecule has 1 aromatic heterocycles. The minimum absolute atomic E-state index is 0.0565. The van der Waals surface area contributed by atoms with Crippen molar-refractivity contribution < 1.29 is 13.2 Å². The molecule has 0 spiro atoms. The van der Waals surface area contributed by atoms with Crippen molar-refractivity contribution in [1.82, 2.24) is 9.62 Å². The smallest absolute Gasteiger partial charge is 0.244 e. The molecule has 1 aliphatic heterocycles. The fourth-order valence-electron chi connectivity index (χ4n) is 2.40. The van der Waals surface area contributed by atoms with Gasteiger partial charge in [0.2, 0.25) is 10.0 Å². The summed E-state index contributed by atoms with van der Waals surface area (Å²) in [6, 6.07) is 1.64. The molecule has 0 amide bonds. The van der Waals surface area contributed by atoms with Gasteiger partial charge in [-0.2, -0.15) is 4.31 Å². The van der Waals surface area contributed by atoms with Gasteiger partial charge in [0.15, 0.2) is 0 Å². The van der Waals surface area contributed by atoms with Gasteiger partial charge in [-0.05, 0) is 31.8 Å². The molecular weight excluding hydrogens is 296 g/mol. The number of rotatable bonds is 5. The Hall–Kier alpha value is -0.470. The van der Waals surface area contributed by atoms with Gasteiger partial charge in [-0.3, -0.25) is 0 Å². The third-order valence-corrected chi connectivity index (χ3v) is 6.57. The minimum atomic E-state index is -3.44. The summed E-state index contributed by atoms with van der Waals surface area (Å²) < 4.78 is 33.0. The van der Waals surface area contributed by atoms with E-state index in [4.69, 9.17) is 4.74 Å². The first kappa shape index (κ1) is 15.9. The van der Waals surface area contributed by atoms with Crippen LogP contribution in [0.3, 0.4) is 0 Å². The number of nitrogens with one attached hydrogen (secondary N) is 1. The molecular formula is C13H22N2O3S2. The summed E-state index contributed by atoms with van der Waals surface area (Å²) in [6.07, 6.45) is 0.705. The molecule has 20 heavy (non-hydrogen) atoms. The molecule has 114 valence electrons. The maximum Gasteiger partial charge on any atom is 0.244 e. The largest absolute Gasteiger partial charge is 0.375 e. The molecule has 2 unspecified atom stereocenters. The van der Waals surface area contributed by atoms with Gasteiger partial charge in [-0.1, -0.05) is 6.92 Å². The van der Waals surface area contributed by atoms with Gasteiger partial charge in [0.05, 0.1) is 17.6 Å². The first-order chi connectivity index (χ1) is 9.50. The van der Waals surface area contributed by atoms with E-state index in [0.717, 1.165) is 11.3 Å². The highest BCUT2D eigenvalue weighted by molar-refractivity contribution is 7.89. The quantitative estimate of drug-likeness (QED) is 0.897. The van der Waals surface area contributed by atoms with Crippen LogP contribution in [0.5, 0.6) is 0 Å². The zero-order chi connectivity index (χ0) is 14.8. The molecule has 1 saturated heterocycles. The van der Waals surface area contributed by atoms with Crippen LogP contribution in [0.25, 0.3) is 0 Å². The lowest BCUT2D eigenvalue weighted by Gasteiger charge is -2.37. The van der Waals surface area contributed by atoms with Crippen LogP contribution in [0.1, 0.15) is 25.1 Å². The van der Waals surface area contributed by atoms with Crippen molar-refractivity contribution in [2.45, 2.75) is 43.9 Å². The number of nitrogens with zero attached hydrogens (tertiary/aromatic N) is 1. The summed E-state index contributed by atoms with van der Waals surface area (Å²) in [7, 11) is -1.62. The number of hydrogen-bond acceptors (Lipinski definition) is 5. The van der Waals surface area contributed by atoms with Gasteiger partial charge in [-0.15, -0.1) is 11.3 Å². The lowest BCUT2D eigenvalue weighted by Crippen LogP contribution is -2.51. The van der Waals surface area contributed by atoms with Crippen LogP contribution >= 0.6 is 11.3 Å². The molecule has 1 fully saturated rings. The standard InChI is InChI=1S/C13H22N2O3S2/c1-4-11-9-18-10(2)8-15(11)20(16,17)13-5-6-19-12(13)7-14-3/h5-6,10-11,14H,4,7-9H2,1-3H3. The van der Waals surface area contributed by atoms with Crippen molar-refractivity contribution in [3.8, 4) is 0 Å². The molecule has 7 heteroatoms. The Morgan fingerprint density at radius 2 is 2.30 bits per heavy atom. The van der Waals surface area contributed by atoms with Gasteiger partial charge in [0, 0.05) is 24.0 Å². The predicted octanol–water partition coefficient (Wildman–Crippen LogP) is 1.66. The number of thiophene rings is 1. The fraction of sp³-hybridized carbons (Fsp3) is 0.692. The Kier molecular flexibility index (Phi) is 5.19. The van der Waals surface area contributed by atoms with Crippen molar-refractivity contribution in [1.29, 1.82) is 0 Å². The molecule has 1 N–H and O–H groups in total. The SMILES string of the molecule is CCC1COC(C)CN1S(=O)(=O)c1ccsc1CNC. The van der Waals surface area contributed by atoms with Crippen LogP contribution in [0.2, 0.25) is 0 Å². The second kappa shape index (κ2) is 6.53. The highest BCUT2D eigenvalue weighted by Crippen LogP contribution is 2.29. The maximum atomic E-state index is 12.9. The summed E-state index contributed by atoms with van der Waals surface area (Å²) >= 11 is 1.48. The van der Waals surface area contributed by atoms with E-state index in [-0.39, 0.29) is 12.1 Å². The van der Waals surface area contributed by atoms with E-state index in [1.54, 1.807) is 10.4 Å². The summed E-state index contributed by atoms with van der Waals surface area (Å²) in [4.78, 5) is 1.30. The number of hydrogen-bond donors (Lipinski definition) is 1. The molecule has 2 atom stereocenters. The zero-order valence-electron chi connectivity index (χ0n) is 12.1. The lowest BCUT2D eigenvalue weighted by atomic mass is 10.2. The molecule has 1 aromatic rings. The number of sulfonamides is 1. The zero-order valence-corrected chi connectivity index (χ0v) is 13.8. The highest BCUT2D eigenvalue weighted by Gasteiger charge is 2.36. The van der Waals surface area contributed by atoms with Crippen molar-refractivity contribution >= 4 is 21.4 Å². The topological polar surface area (TPSA) is 58.6 Å². The van der Waals surface area contributed by atoms with E-state index in [2.05, 4.69) is 5.32 Å². The molecule has 0 saturated carbocycles. The molecule has 2 rings (SSSR count). The normalized spacial score (nSPS) is 24.9. The van der Waals surface area contributed by atoms with Crippen molar-refractivity contribution in [3.63, 3.8) is 0 Å². The summed E-state index contributed by atoms with van der Waals surface area (Å²) in [6.45, 7) is 5.38. The van der Waals surface area contributed by atoms with E-state index in [1.165, 1.54) is 11.3 Å². The Morgan fingerprint density at radius 1 is 1.55 bits per heavy atom. The Labute approximate surface area is 125 Å². The summed E-state index contributed by atoms with van der Waals surface area (Å²) in [5.41, 5.74) is 0. The molecule has 0 bridgehead atoms.